The average Bonchev–Trinajstić information content (AvgIpc) is 2.36. The molecular formula is C13H22O4. The van der Waals surface area contributed by atoms with Gasteiger partial charge in [-0.1, -0.05) is 13.3 Å². The van der Waals surface area contributed by atoms with E-state index in [9.17, 15) is 9.59 Å². The van der Waals surface area contributed by atoms with E-state index in [2.05, 4.69) is 0 Å². The van der Waals surface area contributed by atoms with E-state index in [4.69, 9.17) is 9.47 Å². The van der Waals surface area contributed by atoms with E-state index >= 15 is 0 Å². The van der Waals surface area contributed by atoms with Crippen molar-refractivity contribution in [1.82, 2.24) is 0 Å². The van der Waals surface area contributed by atoms with Crippen molar-refractivity contribution in [3.8, 4) is 0 Å². The lowest BCUT2D eigenvalue weighted by atomic mass is 9.86. The van der Waals surface area contributed by atoms with Crippen LogP contribution < -0.4 is 0 Å². The molecule has 98 valence electrons. The van der Waals surface area contributed by atoms with E-state index < -0.39 is 5.92 Å². The van der Waals surface area contributed by atoms with Crippen LogP contribution in [0.1, 0.15) is 39.5 Å². The minimum atomic E-state index is -0.591. The summed E-state index contributed by atoms with van der Waals surface area (Å²) in [6.45, 7) is 5.24. The number of hydrogen-bond acceptors (Lipinski definition) is 4. The molecule has 1 fully saturated rings. The average molecular weight is 242 g/mol. The Morgan fingerprint density at radius 2 is 2.18 bits per heavy atom. The molecule has 0 bridgehead atoms. The molecule has 0 aromatic heterocycles. The highest BCUT2D eigenvalue weighted by molar-refractivity contribution is 6.00. The zero-order valence-corrected chi connectivity index (χ0v) is 10.7. The Kier molecular flexibility index (Phi) is 6.19. The van der Waals surface area contributed by atoms with Crippen molar-refractivity contribution in [1.29, 1.82) is 0 Å². The van der Waals surface area contributed by atoms with Gasteiger partial charge in [0.25, 0.3) is 0 Å². The Labute approximate surface area is 103 Å². The fraction of sp³-hybridized carbons (Fsp3) is 0.846. The summed E-state index contributed by atoms with van der Waals surface area (Å²) in [5.41, 5.74) is 0. The second-order valence-corrected chi connectivity index (χ2v) is 4.41. The van der Waals surface area contributed by atoms with Gasteiger partial charge in [0.2, 0.25) is 0 Å². The van der Waals surface area contributed by atoms with Crippen molar-refractivity contribution < 1.29 is 19.1 Å². The predicted molar refractivity (Wildman–Crippen MR) is 63.6 cm³/mol. The van der Waals surface area contributed by atoms with Gasteiger partial charge in [-0.05, 0) is 26.2 Å². The number of ketones is 1. The molecule has 0 radical (unpaired) electrons. The normalized spacial score (nSPS) is 21.9. The van der Waals surface area contributed by atoms with Crippen molar-refractivity contribution in [2.24, 2.45) is 11.8 Å². The first-order valence-electron chi connectivity index (χ1n) is 6.48. The van der Waals surface area contributed by atoms with Crippen molar-refractivity contribution in [2.45, 2.75) is 39.5 Å². The van der Waals surface area contributed by atoms with E-state index in [-0.39, 0.29) is 17.7 Å². The Morgan fingerprint density at radius 3 is 2.71 bits per heavy atom. The van der Waals surface area contributed by atoms with E-state index in [0.29, 0.717) is 19.6 Å². The Balaban J connectivity index is 2.61. The second kappa shape index (κ2) is 7.43. The van der Waals surface area contributed by atoms with Gasteiger partial charge in [-0.25, -0.2) is 0 Å². The van der Waals surface area contributed by atoms with Crippen LogP contribution in [0.3, 0.4) is 0 Å². The van der Waals surface area contributed by atoms with Gasteiger partial charge in [0.15, 0.2) is 5.78 Å². The van der Waals surface area contributed by atoms with Crippen LogP contribution in [0.4, 0.5) is 0 Å². The molecule has 1 heterocycles. The maximum absolute atomic E-state index is 12.2. The van der Waals surface area contributed by atoms with Crippen LogP contribution in [0.5, 0.6) is 0 Å². The molecule has 17 heavy (non-hydrogen) atoms. The van der Waals surface area contributed by atoms with Crippen molar-refractivity contribution in [3.05, 3.63) is 0 Å². The van der Waals surface area contributed by atoms with Crippen LogP contribution in [0.25, 0.3) is 0 Å². The predicted octanol–water partition coefficient (Wildman–Crippen LogP) is 1.96. The first-order chi connectivity index (χ1) is 8.20. The van der Waals surface area contributed by atoms with Crippen LogP contribution >= 0.6 is 0 Å². The zero-order valence-electron chi connectivity index (χ0n) is 10.7. The van der Waals surface area contributed by atoms with Gasteiger partial charge in [-0.15, -0.1) is 0 Å². The molecule has 0 aromatic rings. The summed E-state index contributed by atoms with van der Waals surface area (Å²) in [7, 11) is 0. The maximum atomic E-state index is 12.2. The summed E-state index contributed by atoms with van der Waals surface area (Å²) in [6, 6.07) is 0. The molecule has 2 unspecified atom stereocenters. The largest absolute Gasteiger partial charge is 0.465 e. The number of rotatable bonds is 6. The summed E-state index contributed by atoms with van der Waals surface area (Å²) in [6.07, 6.45) is 3.12. The monoisotopic (exact) mass is 242 g/mol. The van der Waals surface area contributed by atoms with Crippen LogP contribution in [-0.2, 0) is 19.1 Å². The quantitative estimate of drug-likeness (QED) is 0.528. The van der Waals surface area contributed by atoms with Crippen LogP contribution in [0.2, 0.25) is 0 Å². The highest BCUT2D eigenvalue weighted by Gasteiger charge is 2.33. The Morgan fingerprint density at radius 1 is 1.41 bits per heavy atom. The lowest BCUT2D eigenvalue weighted by Gasteiger charge is -2.24. The standard InChI is InChI=1S/C13H22O4/c1-3-6-11(13(15)17-4-2)12(14)10-7-5-8-16-9-10/h10-11H,3-9H2,1-2H3. The fourth-order valence-electron chi connectivity index (χ4n) is 2.16. The van der Waals surface area contributed by atoms with Crippen molar-refractivity contribution in [2.75, 3.05) is 19.8 Å². The summed E-state index contributed by atoms with van der Waals surface area (Å²) in [5.74, 6) is -1.08. The van der Waals surface area contributed by atoms with Gasteiger partial charge in [-0.3, -0.25) is 9.59 Å². The first-order valence-corrected chi connectivity index (χ1v) is 6.48. The molecule has 0 aromatic carbocycles. The molecule has 0 spiro atoms. The molecule has 0 N–H and O–H groups in total. The summed E-state index contributed by atoms with van der Waals surface area (Å²) >= 11 is 0. The minimum Gasteiger partial charge on any atom is -0.465 e. The molecule has 0 amide bonds. The molecule has 1 rings (SSSR count). The smallest absolute Gasteiger partial charge is 0.316 e. The molecule has 4 nitrogen and oxygen atoms in total. The molecular weight excluding hydrogens is 220 g/mol. The fourth-order valence-corrected chi connectivity index (χ4v) is 2.16. The summed E-state index contributed by atoms with van der Waals surface area (Å²) in [4.78, 5) is 24.0. The number of carbonyl (C=O) groups excluding carboxylic acids is 2. The highest BCUT2D eigenvalue weighted by atomic mass is 16.5. The molecule has 0 aliphatic carbocycles. The van der Waals surface area contributed by atoms with Crippen LogP contribution in [0, 0.1) is 11.8 Å². The maximum Gasteiger partial charge on any atom is 0.316 e. The number of hydrogen-bond donors (Lipinski definition) is 0. The van der Waals surface area contributed by atoms with Gasteiger partial charge >= 0.3 is 5.97 Å². The minimum absolute atomic E-state index is 0.00463. The molecule has 1 aliphatic rings. The van der Waals surface area contributed by atoms with Gasteiger partial charge in [0.05, 0.1) is 13.2 Å². The van der Waals surface area contributed by atoms with Gasteiger partial charge in [0.1, 0.15) is 5.92 Å². The molecule has 1 aliphatic heterocycles. The summed E-state index contributed by atoms with van der Waals surface area (Å²) in [5, 5.41) is 0. The van der Waals surface area contributed by atoms with Gasteiger partial charge < -0.3 is 9.47 Å². The van der Waals surface area contributed by atoms with E-state index in [0.717, 1.165) is 25.9 Å². The first kappa shape index (κ1) is 14.2. The van der Waals surface area contributed by atoms with E-state index in [1.165, 1.54) is 0 Å². The molecule has 0 saturated carbocycles. The highest BCUT2D eigenvalue weighted by Crippen LogP contribution is 2.22. The third-order valence-electron chi connectivity index (χ3n) is 3.05. The van der Waals surface area contributed by atoms with Crippen molar-refractivity contribution >= 4 is 11.8 Å². The zero-order chi connectivity index (χ0) is 12.7. The van der Waals surface area contributed by atoms with Crippen molar-refractivity contribution in [3.63, 3.8) is 0 Å². The Bertz CT molecular complexity index is 256. The second-order valence-electron chi connectivity index (χ2n) is 4.41. The van der Waals surface area contributed by atoms with E-state index in [1.54, 1.807) is 6.92 Å². The lowest BCUT2D eigenvalue weighted by molar-refractivity contribution is -0.154. The topological polar surface area (TPSA) is 52.6 Å². The number of esters is 1. The molecule has 1 saturated heterocycles. The van der Waals surface area contributed by atoms with E-state index in [1.807, 2.05) is 6.92 Å². The van der Waals surface area contributed by atoms with Gasteiger partial charge in [-0.2, -0.15) is 0 Å². The lowest BCUT2D eigenvalue weighted by Crippen LogP contribution is -2.35. The molecule has 2 atom stereocenters. The SMILES string of the molecule is CCCC(C(=O)OCC)C(=O)C1CCCOC1. The number of ether oxygens (including phenoxy) is 2. The number of carbonyl (C=O) groups is 2. The summed E-state index contributed by atoms with van der Waals surface area (Å²) < 4.78 is 10.3. The van der Waals surface area contributed by atoms with Crippen LogP contribution in [-0.4, -0.2) is 31.6 Å². The third-order valence-corrected chi connectivity index (χ3v) is 3.05. The number of Topliss-reactive ketones (excluding diaryl/α,β-unsaturated/α-hetero) is 1. The van der Waals surface area contributed by atoms with Gasteiger partial charge in [0, 0.05) is 12.5 Å². The molecule has 4 heteroatoms. The van der Waals surface area contributed by atoms with Crippen LogP contribution in [0.15, 0.2) is 0 Å². The Hall–Kier alpha value is -0.900. The third kappa shape index (κ3) is 4.11.